The zero-order valence-corrected chi connectivity index (χ0v) is 19.1. The maximum Gasteiger partial charge on any atom is 0.253 e. The van der Waals surface area contributed by atoms with Gasteiger partial charge in [-0.15, -0.1) is 0 Å². The SMILES string of the molecule is CC1CC1C(=O)Nc1ccc(F)cc1C(=O)NCC(=O)N1CCN(c2ccc(Cl)cc2)CC1. The van der Waals surface area contributed by atoms with Crippen molar-refractivity contribution in [1.82, 2.24) is 10.2 Å². The van der Waals surface area contributed by atoms with E-state index in [0.717, 1.165) is 18.2 Å². The number of hydrogen-bond donors (Lipinski definition) is 2. The predicted molar refractivity (Wildman–Crippen MR) is 125 cm³/mol. The molecule has 2 fully saturated rings. The molecule has 1 saturated carbocycles. The monoisotopic (exact) mass is 472 g/mol. The molecular formula is C24H26ClFN4O3. The van der Waals surface area contributed by atoms with Gasteiger partial charge in [0.25, 0.3) is 5.91 Å². The van der Waals surface area contributed by atoms with Crippen LogP contribution in [0.15, 0.2) is 42.5 Å². The van der Waals surface area contributed by atoms with Crippen LogP contribution >= 0.6 is 11.6 Å². The molecule has 1 aliphatic heterocycles. The molecule has 1 aliphatic carbocycles. The molecule has 2 aromatic rings. The number of piperazine rings is 1. The van der Waals surface area contributed by atoms with E-state index in [-0.39, 0.29) is 35.5 Å². The van der Waals surface area contributed by atoms with Crippen LogP contribution in [0.3, 0.4) is 0 Å². The Balaban J connectivity index is 1.30. The fraction of sp³-hybridized carbons (Fsp3) is 0.375. The van der Waals surface area contributed by atoms with Gasteiger partial charge in [0.15, 0.2) is 0 Å². The molecule has 1 heterocycles. The average molecular weight is 473 g/mol. The fourth-order valence-electron chi connectivity index (χ4n) is 3.96. The summed E-state index contributed by atoms with van der Waals surface area (Å²) in [7, 11) is 0. The number of nitrogens with zero attached hydrogens (tertiary/aromatic N) is 2. The van der Waals surface area contributed by atoms with E-state index in [1.54, 1.807) is 4.90 Å². The van der Waals surface area contributed by atoms with Crippen molar-refractivity contribution in [3.8, 4) is 0 Å². The Morgan fingerprint density at radius 1 is 1.06 bits per heavy atom. The first-order valence-electron chi connectivity index (χ1n) is 11.0. The van der Waals surface area contributed by atoms with Gasteiger partial charge in [-0.25, -0.2) is 4.39 Å². The summed E-state index contributed by atoms with van der Waals surface area (Å²) in [4.78, 5) is 41.4. The fourth-order valence-corrected chi connectivity index (χ4v) is 4.08. The van der Waals surface area contributed by atoms with Crippen molar-refractivity contribution in [3.63, 3.8) is 0 Å². The van der Waals surface area contributed by atoms with Crippen LogP contribution in [0.4, 0.5) is 15.8 Å². The maximum absolute atomic E-state index is 13.8. The zero-order valence-electron chi connectivity index (χ0n) is 18.3. The first-order valence-corrected chi connectivity index (χ1v) is 11.4. The minimum atomic E-state index is -0.609. The van der Waals surface area contributed by atoms with Crippen LogP contribution in [0.25, 0.3) is 0 Å². The first-order chi connectivity index (χ1) is 15.8. The summed E-state index contributed by atoms with van der Waals surface area (Å²) in [5.41, 5.74) is 1.28. The Kier molecular flexibility index (Phi) is 6.83. The Morgan fingerprint density at radius 2 is 1.73 bits per heavy atom. The van der Waals surface area contributed by atoms with Crippen molar-refractivity contribution < 1.29 is 18.8 Å². The second-order valence-electron chi connectivity index (χ2n) is 8.53. The summed E-state index contributed by atoms with van der Waals surface area (Å²) in [6.45, 7) is 4.16. The van der Waals surface area contributed by atoms with E-state index >= 15 is 0 Å². The highest BCUT2D eigenvalue weighted by Crippen LogP contribution is 2.38. The zero-order chi connectivity index (χ0) is 23.5. The lowest BCUT2D eigenvalue weighted by molar-refractivity contribution is -0.130. The third-order valence-corrected chi connectivity index (χ3v) is 6.41. The van der Waals surface area contributed by atoms with Gasteiger partial charge in [0, 0.05) is 42.8 Å². The lowest BCUT2D eigenvalue weighted by Crippen LogP contribution is -2.51. The molecule has 0 spiro atoms. The van der Waals surface area contributed by atoms with Crippen molar-refractivity contribution in [2.45, 2.75) is 13.3 Å². The molecule has 0 bridgehead atoms. The van der Waals surface area contributed by atoms with Crippen molar-refractivity contribution in [2.75, 3.05) is 42.9 Å². The van der Waals surface area contributed by atoms with Crippen LogP contribution in [0.2, 0.25) is 5.02 Å². The van der Waals surface area contributed by atoms with E-state index in [9.17, 15) is 18.8 Å². The number of amides is 3. The number of carbonyl (C=O) groups excluding carboxylic acids is 3. The van der Waals surface area contributed by atoms with E-state index in [1.807, 2.05) is 31.2 Å². The molecule has 7 nitrogen and oxygen atoms in total. The number of nitrogens with one attached hydrogen (secondary N) is 2. The van der Waals surface area contributed by atoms with Gasteiger partial charge in [0.2, 0.25) is 11.8 Å². The van der Waals surface area contributed by atoms with Crippen LogP contribution in [-0.4, -0.2) is 55.3 Å². The number of halogens is 2. The summed E-state index contributed by atoms with van der Waals surface area (Å²) in [5.74, 6) is -1.38. The van der Waals surface area contributed by atoms with E-state index in [1.165, 1.54) is 12.1 Å². The number of hydrogen-bond acceptors (Lipinski definition) is 4. The summed E-state index contributed by atoms with van der Waals surface area (Å²) < 4.78 is 13.8. The lowest BCUT2D eigenvalue weighted by atomic mass is 10.1. The van der Waals surface area contributed by atoms with Gasteiger partial charge in [-0.3, -0.25) is 14.4 Å². The summed E-state index contributed by atoms with van der Waals surface area (Å²) in [6.07, 6.45) is 0.800. The minimum absolute atomic E-state index is 0.00277. The smallest absolute Gasteiger partial charge is 0.253 e. The van der Waals surface area contributed by atoms with Crippen molar-refractivity contribution >= 4 is 40.7 Å². The number of anilines is 2. The third kappa shape index (κ3) is 5.63. The highest BCUT2D eigenvalue weighted by atomic mass is 35.5. The molecule has 2 atom stereocenters. The third-order valence-electron chi connectivity index (χ3n) is 6.15. The molecule has 9 heteroatoms. The topological polar surface area (TPSA) is 81.8 Å². The molecular weight excluding hydrogens is 447 g/mol. The quantitative estimate of drug-likeness (QED) is 0.676. The maximum atomic E-state index is 13.8. The van der Waals surface area contributed by atoms with Gasteiger partial charge in [-0.2, -0.15) is 0 Å². The van der Waals surface area contributed by atoms with Crippen LogP contribution in [0.5, 0.6) is 0 Å². The van der Waals surface area contributed by atoms with Gasteiger partial charge in [0.05, 0.1) is 17.8 Å². The van der Waals surface area contributed by atoms with Crippen LogP contribution in [0.1, 0.15) is 23.7 Å². The van der Waals surface area contributed by atoms with Crippen molar-refractivity contribution in [3.05, 3.63) is 58.9 Å². The van der Waals surface area contributed by atoms with Crippen molar-refractivity contribution in [1.29, 1.82) is 0 Å². The van der Waals surface area contributed by atoms with Gasteiger partial charge < -0.3 is 20.4 Å². The average Bonchev–Trinajstić information content (AvgIpc) is 3.55. The van der Waals surface area contributed by atoms with E-state index in [0.29, 0.717) is 37.1 Å². The summed E-state index contributed by atoms with van der Waals surface area (Å²) in [5, 5.41) is 5.95. The molecule has 4 rings (SSSR count). The number of carbonyl (C=O) groups is 3. The van der Waals surface area contributed by atoms with Crippen LogP contribution in [-0.2, 0) is 9.59 Å². The second kappa shape index (κ2) is 9.79. The van der Waals surface area contributed by atoms with Gasteiger partial charge in [-0.05, 0) is 54.8 Å². The largest absolute Gasteiger partial charge is 0.368 e. The van der Waals surface area contributed by atoms with Crippen LogP contribution in [0, 0.1) is 17.7 Å². The molecule has 2 aromatic carbocycles. The molecule has 3 amide bonds. The number of rotatable bonds is 6. The molecule has 2 aliphatic rings. The van der Waals surface area contributed by atoms with Gasteiger partial charge >= 0.3 is 0 Å². The van der Waals surface area contributed by atoms with Crippen LogP contribution < -0.4 is 15.5 Å². The van der Waals surface area contributed by atoms with Gasteiger partial charge in [0.1, 0.15) is 5.82 Å². The summed E-state index contributed by atoms with van der Waals surface area (Å²) >= 11 is 5.94. The molecule has 2 N–H and O–H groups in total. The lowest BCUT2D eigenvalue weighted by Gasteiger charge is -2.36. The Hall–Kier alpha value is -3.13. The Labute approximate surface area is 196 Å². The second-order valence-corrected chi connectivity index (χ2v) is 8.96. The normalized spacial score (nSPS) is 19.7. The van der Waals surface area contributed by atoms with Gasteiger partial charge in [-0.1, -0.05) is 18.5 Å². The molecule has 0 radical (unpaired) electrons. The molecule has 0 aromatic heterocycles. The molecule has 174 valence electrons. The van der Waals surface area contributed by atoms with Crippen molar-refractivity contribution in [2.24, 2.45) is 11.8 Å². The van der Waals surface area contributed by atoms with E-state index < -0.39 is 11.7 Å². The highest BCUT2D eigenvalue weighted by molar-refractivity contribution is 6.30. The summed E-state index contributed by atoms with van der Waals surface area (Å²) in [6, 6.07) is 11.2. The van der Waals surface area contributed by atoms with E-state index in [2.05, 4.69) is 15.5 Å². The number of benzene rings is 2. The Morgan fingerprint density at radius 3 is 2.36 bits per heavy atom. The predicted octanol–water partition coefficient (Wildman–Crippen LogP) is 3.15. The van der Waals surface area contributed by atoms with E-state index in [4.69, 9.17) is 11.6 Å². The standard InChI is InChI=1S/C24H26ClFN4O3/c1-15-12-19(15)24(33)28-21-7-4-17(26)13-20(21)23(32)27-14-22(31)30-10-8-29(9-11-30)18-5-2-16(25)3-6-18/h2-7,13,15,19H,8-12,14H2,1H3,(H,27,32)(H,28,33). The molecule has 1 saturated heterocycles. The first kappa shape index (κ1) is 23.0. The molecule has 2 unspecified atom stereocenters. The Bertz CT molecular complexity index is 1050. The minimum Gasteiger partial charge on any atom is -0.368 e. The highest BCUT2D eigenvalue weighted by Gasteiger charge is 2.39. The molecule has 33 heavy (non-hydrogen) atoms.